The third-order valence-electron chi connectivity index (χ3n) is 4.72. The van der Waals surface area contributed by atoms with Crippen LogP contribution in [0.15, 0.2) is 42.5 Å². The average Bonchev–Trinajstić information content (AvgIpc) is 2.68. The number of carboxylic acid groups (broad SMARTS) is 1. The van der Waals surface area contributed by atoms with Crippen LogP contribution in [0.3, 0.4) is 0 Å². The largest absolute Gasteiger partial charge is 0.506 e. The fourth-order valence-corrected chi connectivity index (χ4v) is 3.15. The molecule has 0 radical (unpaired) electrons. The van der Waals surface area contributed by atoms with Gasteiger partial charge in [-0.25, -0.2) is 14.8 Å². The molecule has 0 fully saturated rings. The van der Waals surface area contributed by atoms with Crippen LogP contribution in [0, 0.1) is 27.7 Å². The Bertz CT molecular complexity index is 1250. The Kier molecular flexibility index (Phi) is 5.37. The summed E-state index contributed by atoms with van der Waals surface area (Å²) in [4.78, 5) is 19.4. The third-order valence-corrected chi connectivity index (χ3v) is 4.72. The topological polar surface area (TPSA) is 104 Å². The van der Waals surface area contributed by atoms with Gasteiger partial charge < -0.3 is 15.3 Å². The molecular weight excluding hydrogens is 368 g/mol. The number of carbonyl (C=O) groups is 1. The van der Waals surface area contributed by atoms with Gasteiger partial charge in [-0.05, 0) is 63.1 Å². The lowest BCUT2D eigenvalue weighted by Gasteiger charge is -2.07. The number of aryl methyl sites for hydroxylation is 4. The molecule has 2 aromatic carbocycles. The van der Waals surface area contributed by atoms with Crippen molar-refractivity contribution < 1.29 is 20.1 Å². The summed E-state index contributed by atoms with van der Waals surface area (Å²) in [5, 5.41) is 30.1. The maximum atomic E-state index is 10.9. The highest BCUT2D eigenvalue weighted by atomic mass is 16.4. The van der Waals surface area contributed by atoms with Crippen LogP contribution in [0.4, 0.5) is 0 Å². The Hall–Kier alpha value is -3.67. The van der Waals surface area contributed by atoms with Gasteiger partial charge in [0.15, 0.2) is 5.75 Å². The number of aromatic carboxylic acids is 1. The van der Waals surface area contributed by atoms with Crippen molar-refractivity contribution in [2.45, 2.75) is 27.7 Å². The first-order valence-corrected chi connectivity index (χ1v) is 9.08. The van der Waals surface area contributed by atoms with Crippen LogP contribution in [-0.2, 0) is 0 Å². The molecule has 2 aromatic heterocycles. The predicted octanol–water partition coefficient (Wildman–Crippen LogP) is 4.81. The summed E-state index contributed by atoms with van der Waals surface area (Å²) in [6, 6.07) is 12.6. The minimum absolute atomic E-state index is 0.108. The van der Waals surface area contributed by atoms with Gasteiger partial charge in [0.2, 0.25) is 0 Å². The second-order valence-electron chi connectivity index (χ2n) is 6.99. The molecule has 0 spiro atoms. The van der Waals surface area contributed by atoms with Gasteiger partial charge in [0.25, 0.3) is 0 Å². The van der Waals surface area contributed by atoms with Gasteiger partial charge >= 0.3 is 5.97 Å². The number of carboxylic acids is 1. The molecule has 0 saturated heterocycles. The SMILES string of the molecule is Cc1ccc2c(C)cc(C(=O)O)c(O)c2n1.Cc1ccc2c(C)ccc(O)c2n1. The van der Waals surface area contributed by atoms with Crippen molar-refractivity contribution >= 4 is 27.8 Å². The molecule has 0 bridgehead atoms. The summed E-state index contributed by atoms with van der Waals surface area (Å²) in [6.07, 6.45) is 0. The van der Waals surface area contributed by atoms with Gasteiger partial charge in [-0.3, -0.25) is 0 Å². The molecule has 29 heavy (non-hydrogen) atoms. The second kappa shape index (κ2) is 7.75. The third kappa shape index (κ3) is 3.96. The molecule has 4 aromatic rings. The Morgan fingerprint density at radius 2 is 1.31 bits per heavy atom. The van der Waals surface area contributed by atoms with Gasteiger partial charge in [0.1, 0.15) is 22.3 Å². The van der Waals surface area contributed by atoms with Crippen LogP contribution < -0.4 is 0 Å². The van der Waals surface area contributed by atoms with E-state index in [2.05, 4.69) is 9.97 Å². The van der Waals surface area contributed by atoms with E-state index < -0.39 is 5.97 Å². The zero-order valence-electron chi connectivity index (χ0n) is 16.7. The standard InChI is InChI=1S/C12H11NO3.C11H11NO/c1-6-5-9(12(15)16)11(14)10-8(6)4-3-7(2)13-10;1-7-3-6-10(13)11-9(7)5-4-8(2)12-11/h3-5,14H,1-2H3,(H,15,16);3-6,13H,1-2H3. The first-order chi connectivity index (χ1) is 13.7. The number of hydrogen-bond donors (Lipinski definition) is 3. The molecule has 0 saturated carbocycles. The summed E-state index contributed by atoms with van der Waals surface area (Å²) in [5.41, 5.74) is 4.52. The summed E-state index contributed by atoms with van der Waals surface area (Å²) in [6.45, 7) is 7.52. The van der Waals surface area contributed by atoms with Gasteiger partial charge in [-0.2, -0.15) is 0 Å². The van der Waals surface area contributed by atoms with Crippen LogP contribution in [0.5, 0.6) is 11.5 Å². The van der Waals surface area contributed by atoms with Crippen molar-refractivity contribution in [2.24, 2.45) is 0 Å². The minimum atomic E-state index is -1.15. The summed E-state index contributed by atoms with van der Waals surface area (Å²) < 4.78 is 0. The molecule has 0 atom stereocenters. The van der Waals surface area contributed by atoms with Crippen molar-refractivity contribution in [3.63, 3.8) is 0 Å². The summed E-state index contributed by atoms with van der Waals surface area (Å²) in [7, 11) is 0. The van der Waals surface area contributed by atoms with E-state index in [0.29, 0.717) is 11.0 Å². The number of fused-ring (bicyclic) bond motifs is 2. The van der Waals surface area contributed by atoms with E-state index in [1.165, 1.54) is 6.07 Å². The first-order valence-electron chi connectivity index (χ1n) is 9.08. The number of phenols is 2. The lowest BCUT2D eigenvalue weighted by molar-refractivity contribution is 0.0694. The molecule has 6 heteroatoms. The summed E-state index contributed by atoms with van der Waals surface area (Å²) >= 11 is 0. The van der Waals surface area contributed by atoms with Crippen LogP contribution >= 0.6 is 0 Å². The Balaban J connectivity index is 0.000000169. The maximum Gasteiger partial charge on any atom is 0.339 e. The average molecular weight is 390 g/mol. The van der Waals surface area contributed by atoms with E-state index in [1.807, 2.05) is 44.2 Å². The van der Waals surface area contributed by atoms with Crippen LogP contribution in [0.2, 0.25) is 0 Å². The van der Waals surface area contributed by atoms with Crippen LogP contribution in [0.25, 0.3) is 21.8 Å². The number of rotatable bonds is 1. The van der Waals surface area contributed by atoms with Crippen LogP contribution in [0.1, 0.15) is 32.9 Å². The fraction of sp³-hybridized carbons (Fsp3) is 0.174. The summed E-state index contributed by atoms with van der Waals surface area (Å²) in [5.74, 6) is -1.16. The molecule has 0 aliphatic rings. The van der Waals surface area contributed by atoms with E-state index >= 15 is 0 Å². The molecule has 4 rings (SSSR count). The lowest BCUT2D eigenvalue weighted by Crippen LogP contribution is -1.99. The normalized spacial score (nSPS) is 10.6. The zero-order valence-corrected chi connectivity index (χ0v) is 16.7. The zero-order chi connectivity index (χ0) is 21.3. The fourth-order valence-electron chi connectivity index (χ4n) is 3.15. The molecule has 0 aliphatic carbocycles. The Morgan fingerprint density at radius 1 is 0.759 bits per heavy atom. The number of aromatic hydroxyl groups is 2. The van der Waals surface area contributed by atoms with Crippen molar-refractivity contribution in [1.29, 1.82) is 0 Å². The highest BCUT2D eigenvalue weighted by molar-refractivity contribution is 6.00. The molecular formula is C23H22N2O4. The van der Waals surface area contributed by atoms with Crippen molar-refractivity contribution in [3.8, 4) is 11.5 Å². The van der Waals surface area contributed by atoms with Crippen molar-refractivity contribution in [3.05, 3.63) is 70.5 Å². The van der Waals surface area contributed by atoms with E-state index in [9.17, 15) is 15.0 Å². The molecule has 148 valence electrons. The van der Waals surface area contributed by atoms with E-state index in [0.717, 1.165) is 33.3 Å². The first kappa shape index (κ1) is 20.1. The smallest absolute Gasteiger partial charge is 0.339 e. The van der Waals surface area contributed by atoms with Gasteiger partial charge in [-0.1, -0.05) is 18.2 Å². The van der Waals surface area contributed by atoms with Gasteiger partial charge in [0, 0.05) is 22.2 Å². The number of benzene rings is 2. The molecule has 3 N–H and O–H groups in total. The molecule has 0 unspecified atom stereocenters. The molecule has 0 aliphatic heterocycles. The number of hydrogen-bond acceptors (Lipinski definition) is 5. The number of phenolic OH excluding ortho intramolecular Hbond substituents is 1. The Labute approximate surface area is 168 Å². The minimum Gasteiger partial charge on any atom is -0.506 e. The lowest BCUT2D eigenvalue weighted by atomic mass is 10.0. The number of aromatic nitrogens is 2. The van der Waals surface area contributed by atoms with Gasteiger partial charge in [-0.15, -0.1) is 0 Å². The maximum absolute atomic E-state index is 10.9. The quantitative estimate of drug-likeness (QED) is 0.431. The molecule has 0 amide bonds. The van der Waals surface area contributed by atoms with E-state index in [-0.39, 0.29) is 17.1 Å². The van der Waals surface area contributed by atoms with Crippen molar-refractivity contribution in [2.75, 3.05) is 0 Å². The monoisotopic (exact) mass is 390 g/mol. The van der Waals surface area contributed by atoms with Gasteiger partial charge in [0.05, 0.1) is 0 Å². The Morgan fingerprint density at radius 3 is 1.90 bits per heavy atom. The molecule has 2 heterocycles. The van der Waals surface area contributed by atoms with E-state index in [4.69, 9.17) is 5.11 Å². The highest BCUT2D eigenvalue weighted by Crippen LogP contribution is 2.30. The van der Waals surface area contributed by atoms with Crippen molar-refractivity contribution in [1.82, 2.24) is 9.97 Å². The highest BCUT2D eigenvalue weighted by Gasteiger charge is 2.15. The predicted molar refractivity (Wildman–Crippen MR) is 113 cm³/mol. The molecule has 6 nitrogen and oxygen atoms in total. The van der Waals surface area contributed by atoms with Crippen LogP contribution in [-0.4, -0.2) is 31.3 Å². The number of nitrogens with zero attached hydrogens (tertiary/aromatic N) is 2. The van der Waals surface area contributed by atoms with E-state index in [1.54, 1.807) is 19.9 Å². The number of pyridine rings is 2. The second-order valence-corrected chi connectivity index (χ2v) is 6.99.